The summed E-state index contributed by atoms with van der Waals surface area (Å²) in [5, 5.41) is 10.5. The van der Waals surface area contributed by atoms with Crippen LogP contribution in [-0.4, -0.2) is 49.1 Å². The predicted octanol–water partition coefficient (Wildman–Crippen LogP) is 3.70. The molecule has 31 heavy (non-hydrogen) atoms. The highest BCUT2D eigenvalue weighted by Crippen LogP contribution is 2.39. The second-order valence-electron chi connectivity index (χ2n) is 7.48. The molecule has 0 bridgehead atoms. The first-order valence-corrected chi connectivity index (χ1v) is 10.1. The van der Waals surface area contributed by atoms with Gasteiger partial charge in [-0.2, -0.15) is 0 Å². The standard InChI is InChI=1S/C24H27NO6/c1-15(2)22(26)20-21(16-5-7-17(29-3)8-6-16)25(24(28)23(20)27)13-14-31-19-11-9-18(30-4)10-12-19/h5-12,15,21,27H,13-14H2,1-4H3. The molecule has 164 valence electrons. The number of amides is 1. The Balaban J connectivity index is 1.84. The summed E-state index contributed by atoms with van der Waals surface area (Å²) < 4.78 is 16.1. The number of aliphatic hydroxyl groups is 1. The molecule has 1 aliphatic heterocycles. The van der Waals surface area contributed by atoms with Crippen LogP contribution in [0, 0.1) is 5.92 Å². The van der Waals surface area contributed by atoms with E-state index >= 15 is 0 Å². The van der Waals surface area contributed by atoms with E-state index in [1.165, 1.54) is 4.90 Å². The molecule has 3 rings (SSSR count). The van der Waals surface area contributed by atoms with E-state index in [0.717, 1.165) is 0 Å². The van der Waals surface area contributed by atoms with Crippen molar-refractivity contribution >= 4 is 11.7 Å². The maximum atomic E-state index is 12.8. The highest BCUT2D eigenvalue weighted by molar-refractivity contribution is 6.09. The molecule has 7 nitrogen and oxygen atoms in total. The molecule has 1 N–H and O–H groups in total. The number of ketones is 1. The molecule has 0 radical (unpaired) electrons. The SMILES string of the molecule is COc1ccc(OCCN2C(=O)C(O)=C(C(=O)C(C)C)C2c2ccc(OC)cc2)cc1. The van der Waals surface area contributed by atoms with Crippen LogP contribution in [0.3, 0.4) is 0 Å². The average Bonchev–Trinajstić information content (AvgIpc) is 3.04. The van der Waals surface area contributed by atoms with Crippen LogP contribution in [0.25, 0.3) is 0 Å². The summed E-state index contributed by atoms with van der Waals surface area (Å²) in [5.41, 5.74) is 0.835. The minimum atomic E-state index is -0.687. The van der Waals surface area contributed by atoms with Gasteiger partial charge < -0.3 is 24.2 Å². The summed E-state index contributed by atoms with van der Waals surface area (Å²) >= 11 is 0. The molecule has 1 amide bonds. The van der Waals surface area contributed by atoms with Crippen molar-refractivity contribution in [2.75, 3.05) is 27.4 Å². The van der Waals surface area contributed by atoms with Crippen molar-refractivity contribution in [3.05, 3.63) is 65.4 Å². The Morgan fingerprint density at radius 1 is 0.968 bits per heavy atom. The molecule has 0 saturated carbocycles. The van der Waals surface area contributed by atoms with Crippen molar-refractivity contribution in [2.45, 2.75) is 19.9 Å². The topological polar surface area (TPSA) is 85.3 Å². The van der Waals surface area contributed by atoms with E-state index in [4.69, 9.17) is 14.2 Å². The largest absolute Gasteiger partial charge is 0.503 e. The minimum Gasteiger partial charge on any atom is -0.503 e. The summed E-state index contributed by atoms with van der Waals surface area (Å²) in [4.78, 5) is 27.2. The molecule has 0 spiro atoms. The van der Waals surface area contributed by atoms with Crippen molar-refractivity contribution in [1.82, 2.24) is 4.90 Å². The lowest BCUT2D eigenvalue weighted by atomic mass is 9.91. The quantitative estimate of drug-likeness (QED) is 0.659. The van der Waals surface area contributed by atoms with Crippen molar-refractivity contribution in [3.8, 4) is 17.2 Å². The number of rotatable bonds is 9. The smallest absolute Gasteiger partial charge is 0.290 e. The molecule has 2 aromatic rings. The fourth-order valence-corrected chi connectivity index (χ4v) is 3.51. The van der Waals surface area contributed by atoms with Crippen molar-refractivity contribution in [3.63, 3.8) is 0 Å². The Labute approximate surface area is 181 Å². The first-order valence-electron chi connectivity index (χ1n) is 10.1. The van der Waals surface area contributed by atoms with E-state index in [0.29, 0.717) is 22.8 Å². The average molecular weight is 425 g/mol. The second-order valence-corrected chi connectivity index (χ2v) is 7.48. The van der Waals surface area contributed by atoms with Crippen LogP contribution < -0.4 is 14.2 Å². The molecule has 1 unspecified atom stereocenters. The van der Waals surface area contributed by atoms with Gasteiger partial charge in [0, 0.05) is 5.92 Å². The molecule has 2 aromatic carbocycles. The fraction of sp³-hybridized carbons (Fsp3) is 0.333. The van der Waals surface area contributed by atoms with Gasteiger partial charge in [-0.1, -0.05) is 26.0 Å². The van der Waals surface area contributed by atoms with Gasteiger partial charge in [0.25, 0.3) is 5.91 Å². The summed E-state index contributed by atoms with van der Waals surface area (Å²) in [6.45, 7) is 3.88. The fourth-order valence-electron chi connectivity index (χ4n) is 3.51. The Bertz CT molecular complexity index is 963. The van der Waals surface area contributed by atoms with Gasteiger partial charge in [0.05, 0.1) is 32.4 Å². The first kappa shape index (κ1) is 22.2. The number of methoxy groups -OCH3 is 2. The number of carbonyl (C=O) groups excluding carboxylic acids is 2. The van der Waals surface area contributed by atoms with E-state index in [1.807, 2.05) is 0 Å². The zero-order valence-electron chi connectivity index (χ0n) is 18.1. The van der Waals surface area contributed by atoms with Gasteiger partial charge in [-0.25, -0.2) is 0 Å². The molecule has 1 atom stereocenters. The van der Waals surface area contributed by atoms with Gasteiger partial charge >= 0.3 is 0 Å². The van der Waals surface area contributed by atoms with E-state index in [-0.39, 0.29) is 30.4 Å². The third-order valence-electron chi connectivity index (χ3n) is 5.19. The third kappa shape index (κ3) is 4.66. The Morgan fingerprint density at radius 2 is 1.48 bits per heavy atom. The number of nitrogens with zero attached hydrogens (tertiary/aromatic N) is 1. The van der Waals surface area contributed by atoms with Gasteiger partial charge in [-0.05, 0) is 42.0 Å². The normalized spacial score (nSPS) is 16.1. The molecule has 1 aliphatic rings. The zero-order valence-corrected chi connectivity index (χ0v) is 18.1. The number of hydrogen-bond acceptors (Lipinski definition) is 6. The van der Waals surface area contributed by atoms with Crippen LogP contribution in [0.5, 0.6) is 17.2 Å². The van der Waals surface area contributed by atoms with Crippen LogP contribution in [0.1, 0.15) is 25.5 Å². The molecule has 0 fully saturated rings. The number of benzene rings is 2. The number of carbonyl (C=O) groups is 2. The Morgan fingerprint density at radius 3 is 2.00 bits per heavy atom. The Kier molecular flexibility index (Phi) is 6.84. The minimum absolute atomic E-state index is 0.120. The molecule has 0 aromatic heterocycles. The predicted molar refractivity (Wildman–Crippen MR) is 115 cm³/mol. The van der Waals surface area contributed by atoms with Crippen molar-refractivity contribution < 1.29 is 28.9 Å². The van der Waals surface area contributed by atoms with Crippen LogP contribution in [0.4, 0.5) is 0 Å². The molecule has 0 saturated heterocycles. The van der Waals surface area contributed by atoms with Crippen LogP contribution >= 0.6 is 0 Å². The lowest BCUT2D eigenvalue weighted by Crippen LogP contribution is -2.35. The molecule has 7 heteroatoms. The lowest BCUT2D eigenvalue weighted by molar-refractivity contribution is -0.129. The van der Waals surface area contributed by atoms with Crippen LogP contribution in [0.2, 0.25) is 0 Å². The second kappa shape index (κ2) is 9.55. The van der Waals surface area contributed by atoms with Gasteiger partial charge in [0.1, 0.15) is 23.9 Å². The summed E-state index contributed by atoms with van der Waals surface area (Å²) in [7, 11) is 3.15. The van der Waals surface area contributed by atoms with E-state index in [2.05, 4.69) is 0 Å². The summed E-state index contributed by atoms with van der Waals surface area (Å²) in [6, 6.07) is 13.5. The highest BCUT2D eigenvalue weighted by Gasteiger charge is 2.43. The molecule has 0 aliphatic carbocycles. The number of aliphatic hydroxyl groups excluding tert-OH is 1. The highest BCUT2D eigenvalue weighted by atomic mass is 16.5. The number of Topliss-reactive ketones (excluding diaryl/α,β-unsaturated/α-hetero) is 1. The number of hydrogen-bond donors (Lipinski definition) is 1. The third-order valence-corrected chi connectivity index (χ3v) is 5.19. The van der Waals surface area contributed by atoms with Gasteiger partial charge in [-0.3, -0.25) is 9.59 Å². The van der Waals surface area contributed by atoms with E-state index in [1.54, 1.807) is 76.6 Å². The van der Waals surface area contributed by atoms with E-state index in [9.17, 15) is 14.7 Å². The van der Waals surface area contributed by atoms with Crippen LogP contribution in [-0.2, 0) is 9.59 Å². The molecule has 1 heterocycles. The Hall–Kier alpha value is -3.48. The van der Waals surface area contributed by atoms with Gasteiger partial charge in [0.2, 0.25) is 0 Å². The summed E-state index contributed by atoms with van der Waals surface area (Å²) in [5.74, 6) is 0.308. The van der Waals surface area contributed by atoms with Crippen LogP contribution in [0.15, 0.2) is 59.9 Å². The zero-order chi connectivity index (χ0) is 22.5. The lowest BCUT2D eigenvalue weighted by Gasteiger charge is -2.27. The number of ether oxygens (including phenoxy) is 3. The van der Waals surface area contributed by atoms with Gasteiger partial charge in [-0.15, -0.1) is 0 Å². The van der Waals surface area contributed by atoms with Crippen molar-refractivity contribution in [1.29, 1.82) is 0 Å². The summed E-state index contributed by atoms with van der Waals surface area (Å²) in [6.07, 6.45) is 0. The monoisotopic (exact) mass is 425 g/mol. The maximum Gasteiger partial charge on any atom is 0.290 e. The maximum absolute atomic E-state index is 12.8. The molecular weight excluding hydrogens is 398 g/mol. The van der Waals surface area contributed by atoms with Crippen molar-refractivity contribution in [2.24, 2.45) is 5.92 Å². The molecular formula is C24H27NO6. The first-order chi connectivity index (χ1) is 14.9. The van der Waals surface area contributed by atoms with E-state index < -0.39 is 17.7 Å². The van der Waals surface area contributed by atoms with Gasteiger partial charge in [0.15, 0.2) is 11.5 Å².